The van der Waals surface area contributed by atoms with E-state index in [-0.39, 0.29) is 17.9 Å². The minimum absolute atomic E-state index is 0.0177. The van der Waals surface area contributed by atoms with Crippen molar-refractivity contribution in [1.82, 2.24) is 19.7 Å². The zero-order chi connectivity index (χ0) is 18.5. The molecular formula is C21H26N4O2. The minimum Gasteiger partial charge on any atom is -0.348 e. The Hall–Kier alpha value is -2.34. The summed E-state index contributed by atoms with van der Waals surface area (Å²) in [5.41, 5.74) is 2.82. The zero-order valence-corrected chi connectivity index (χ0v) is 15.8. The van der Waals surface area contributed by atoms with Crippen molar-refractivity contribution in [1.29, 1.82) is 0 Å². The summed E-state index contributed by atoms with van der Waals surface area (Å²) in [6.45, 7) is 6.83. The van der Waals surface area contributed by atoms with E-state index in [0.29, 0.717) is 19.0 Å². The molecule has 2 aromatic rings. The van der Waals surface area contributed by atoms with Crippen molar-refractivity contribution in [2.75, 3.05) is 26.2 Å². The lowest BCUT2D eigenvalue weighted by Gasteiger charge is -2.45. The topological polar surface area (TPSA) is 57.6 Å². The highest BCUT2D eigenvalue weighted by Crippen LogP contribution is 2.32. The van der Waals surface area contributed by atoms with E-state index in [1.807, 2.05) is 23.1 Å². The van der Waals surface area contributed by atoms with Crippen LogP contribution in [-0.4, -0.2) is 58.4 Å². The third-order valence-corrected chi connectivity index (χ3v) is 6.66. The van der Waals surface area contributed by atoms with Gasteiger partial charge in [0.05, 0.1) is 17.8 Å². The highest BCUT2D eigenvalue weighted by molar-refractivity contribution is 6.08. The molecule has 0 spiro atoms. The van der Waals surface area contributed by atoms with Gasteiger partial charge in [-0.15, -0.1) is 0 Å². The summed E-state index contributed by atoms with van der Waals surface area (Å²) in [5.74, 6) is 0.678. The third kappa shape index (κ3) is 2.74. The quantitative estimate of drug-likeness (QED) is 0.882. The van der Waals surface area contributed by atoms with Gasteiger partial charge < -0.3 is 19.7 Å². The van der Waals surface area contributed by atoms with Gasteiger partial charge in [0, 0.05) is 43.5 Å². The van der Waals surface area contributed by atoms with Gasteiger partial charge in [0.25, 0.3) is 5.91 Å². The lowest BCUT2D eigenvalue weighted by Crippen LogP contribution is -2.57. The third-order valence-electron chi connectivity index (χ3n) is 6.66. The highest BCUT2D eigenvalue weighted by atomic mass is 16.2. The number of benzene rings is 1. The van der Waals surface area contributed by atoms with Crippen molar-refractivity contribution in [2.45, 2.75) is 38.9 Å². The van der Waals surface area contributed by atoms with Crippen molar-refractivity contribution in [3.05, 3.63) is 35.5 Å². The molecule has 0 saturated carbocycles. The monoisotopic (exact) mass is 366 g/mol. The summed E-state index contributed by atoms with van der Waals surface area (Å²) in [6, 6.07) is 8.35. The Kier molecular flexibility index (Phi) is 3.97. The van der Waals surface area contributed by atoms with E-state index in [1.54, 1.807) is 6.92 Å². The number of carbonyl (C=O) groups is 2. The maximum absolute atomic E-state index is 13.4. The number of nitrogens with zero attached hydrogens (tertiary/aromatic N) is 3. The first kappa shape index (κ1) is 16.8. The summed E-state index contributed by atoms with van der Waals surface area (Å²) in [6.07, 6.45) is 2.36. The number of rotatable bonds is 2. The number of hydrogen-bond acceptors (Lipinski definition) is 3. The van der Waals surface area contributed by atoms with Crippen LogP contribution in [0, 0.1) is 5.92 Å². The first-order valence-corrected chi connectivity index (χ1v) is 10.0. The molecule has 6 heteroatoms. The number of para-hydroxylation sites is 1. The van der Waals surface area contributed by atoms with Crippen LogP contribution in [0.4, 0.5) is 0 Å². The Bertz CT molecular complexity index is 910. The predicted octanol–water partition coefficient (Wildman–Crippen LogP) is 1.83. The van der Waals surface area contributed by atoms with Gasteiger partial charge in [-0.25, -0.2) is 0 Å². The largest absolute Gasteiger partial charge is 0.348 e. The summed E-state index contributed by atoms with van der Waals surface area (Å²) < 4.78 is 2.22. The molecule has 2 bridgehead atoms. The molecule has 3 saturated heterocycles. The molecule has 1 atom stereocenters. The predicted molar refractivity (Wildman–Crippen MR) is 103 cm³/mol. The molecule has 1 aromatic carbocycles. The van der Waals surface area contributed by atoms with Crippen LogP contribution in [0.25, 0.3) is 10.9 Å². The molecule has 1 aromatic heterocycles. The summed E-state index contributed by atoms with van der Waals surface area (Å²) in [7, 11) is 0. The van der Waals surface area contributed by atoms with E-state index in [4.69, 9.17) is 0 Å². The molecule has 142 valence electrons. The summed E-state index contributed by atoms with van der Waals surface area (Å²) in [5, 5.41) is 4.34. The number of aromatic nitrogens is 1. The Morgan fingerprint density at radius 1 is 1.07 bits per heavy atom. The Morgan fingerprint density at radius 3 is 2.56 bits per heavy atom. The van der Waals surface area contributed by atoms with E-state index in [1.165, 1.54) is 12.8 Å². The molecule has 3 fully saturated rings. The van der Waals surface area contributed by atoms with Crippen LogP contribution in [0.1, 0.15) is 35.8 Å². The van der Waals surface area contributed by atoms with Crippen LogP contribution in [0.3, 0.4) is 0 Å². The van der Waals surface area contributed by atoms with Crippen molar-refractivity contribution in [2.24, 2.45) is 5.92 Å². The molecule has 0 radical (unpaired) electrons. The van der Waals surface area contributed by atoms with Crippen LogP contribution in [0.2, 0.25) is 0 Å². The van der Waals surface area contributed by atoms with Crippen molar-refractivity contribution < 1.29 is 9.59 Å². The van der Waals surface area contributed by atoms with Crippen LogP contribution in [0.15, 0.2) is 24.3 Å². The maximum atomic E-state index is 13.4. The molecule has 6 rings (SSSR count). The second-order valence-corrected chi connectivity index (χ2v) is 8.15. The first-order valence-electron chi connectivity index (χ1n) is 10.0. The summed E-state index contributed by atoms with van der Waals surface area (Å²) >= 11 is 0. The van der Waals surface area contributed by atoms with Crippen molar-refractivity contribution in [3.8, 4) is 0 Å². The number of carbonyl (C=O) groups excluding carboxylic acids is 2. The fraction of sp³-hybridized carbons (Fsp3) is 0.524. The summed E-state index contributed by atoms with van der Waals surface area (Å²) in [4.78, 5) is 29.6. The molecule has 5 heterocycles. The molecule has 27 heavy (non-hydrogen) atoms. The van der Waals surface area contributed by atoms with Crippen LogP contribution in [0.5, 0.6) is 0 Å². The van der Waals surface area contributed by atoms with E-state index < -0.39 is 0 Å². The first-order chi connectivity index (χ1) is 13.1. The number of nitrogens with one attached hydrogen (secondary N) is 1. The van der Waals surface area contributed by atoms with Gasteiger partial charge in [-0.05, 0) is 37.9 Å². The molecular weight excluding hydrogens is 340 g/mol. The molecule has 4 aliphatic rings. The average molecular weight is 366 g/mol. The lowest BCUT2D eigenvalue weighted by atomic mass is 9.84. The molecule has 4 aliphatic heterocycles. The lowest BCUT2D eigenvalue weighted by molar-refractivity contribution is -0.130. The van der Waals surface area contributed by atoms with Gasteiger partial charge in [-0.1, -0.05) is 18.2 Å². The molecule has 6 nitrogen and oxygen atoms in total. The average Bonchev–Trinajstić information content (AvgIpc) is 3.02. The molecule has 2 amide bonds. The number of amides is 2. The van der Waals surface area contributed by atoms with Crippen molar-refractivity contribution in [3.63, 3.8) is 0 Å². The fourth-order valence-corrected chi connectivity index (χ4v) is 5.15. The number of piperidine rings is 3. The second kappa shape index (κ2) is 6.37. The maximum Gasteiger partial charge on any atom is 0.254 e. The Morgan fingerprint density at radius 2 is 1.85 bits per heavy atom. The van der Waals surface area contributed by atoms with Crippen LogP contribution < -0.4 is 5.32 Å². The van der Waals surface area contributed by atoms with Gasteiger partial charge in [-0.3, -0.25) is 9.59 Å². The standard InChI is InChI=1S/C21H26N4O2/c1-14(26)24-10-11-25-18-5-3-2-4-16(18)20(19(25)13-24)21(27)22-17-12-23-8-6-15(17)7-9-23/h2-5,15,17H,6-13H2,1H3,(H,22,27)/t17-/m1/s1. The van der Waals surface area contributed by atoms with Crippen molar-refractivity contribution >= 4 is 22.7 Å². The molecule has 0 unspecified atom stereocenters. The smallest absolute Gasteiger partial charge is 0.254 e. The van der Waals surface area contributed by atoms with Crippen LogP contribution in [-0.2, 0) is 17.9 Å². The van der Waals surface area contributed by atoms with Gasteiger partial charge >= 0.3 is 0 Å². The van der Waals surface area contributed by atoms with Gasteiger partial charge in [0.2, 0.25) is 5.91 Å². The fourth-order valence-electron chi connectivity index (χ4n) is 5.15. The normalized spacial score (nSPS) is 26.9. The number of hydrogen-bond donors (Lipinski definition) is 1. The van der Waals surface area contributed by atoms with Gasteiger partial charge in [-0.2, -0.15) is 0 Å². The van der Waals surface area contributed by atoms with E-state index in [2.05, 4.69) is 20.9 Å². The highest BCUT2D eigenvalue weighted by Gasteiger charge is 2.36. The van der Waals surface area contributed by atoms with Gasteiger partial charge in [0.1, 0.15) is 0 Å². The van der Waals surface area contributed by atoms with E-state index in [0.717, 1.165) is 48.3 Å². The SMILES string of the molecule is CC(=O)N1CCn2c(c(C(=O)N[C@@H]3CN4CCC3CC4)c3ccccc32)C1. The molecule has 1 N–H and O–H groups in total. The van der Waals surface area contributed by atoms with E-state index >= 15 is 0 Å². The molecule has 0 aliphatic carbocycles. The Labute approximate surface area is 159 Å². The van der Waals surface area contributed by atoms with Crippen LogP contribution >= 0.6 is 0 Å². The second-order valence-electron chi connectivity index (χ2n) is 8.15. The Balaban J connectivity index is 1.51. The minimum atomic E-state index is 0.0177. The van der Waals surface area contributed by atoms with Gasteiger partial charge in [0.15, 0.2) is 0 Å². The number of fused-ring (bicyclic) bond motifs is 6. The van der Waals surface area contributed by atoms with E-state index in [9.17, 15) is 9.59 Å². The zero-order valence-electron chi connectivity index (χ0n) is 15.8.